The zero-order chi connectivity index (χ0) is 13.7. The van der Waals surface area contributed by atoms with Gasteiger partial charge in [0.1, 0.15) is 0 Å². The number of rotatable bonds is 5. The monoisotopic (exact) mass is 383 g/mol. The molecule has 0 radical (unpaired) electrons. The van der Waals surface area contributed by atoms with E-state index in [4.69, 9.17) is 16.3 Å². The van der Waals surface area contributed by atoms with E-state index >= 15 is 0 Å². The second-order valence-corrected chi connectivity index (χ2v) is 5.52. The molecule has 6 heteroatoms. The first-order valence-corrected chi connectivity index (χ1v) is 6.79. The average Bonchev–Trinajstić information content (AvgIpc) is 2.28. The topological polar surface area (TPSA) is 49.8 Å². The van der Waals surface area contributed by atoms with Crippen molar-refractivity contribution in [2.24, 2.45) is 0 Å². The molecule has 0 unspecified atom stereocenters. The van der Waals surface area contributed by atoms with Gasteiger partial charge in [-0.25, -0.2) is 0 Å². The Balaban J connectivity index is 2.74. The maximum atomic E-state index is 12.1. The molecule has 1 N–H and O–H groups in total. The lowest BCUT2D eigenvalue weighted by molar-refractivity contribution is 0.0380. The first-order chi connectivity index (χ1) is 8.45. The smallest absolute Gasteiger partial charge is 0.254 e. The predicted octanol–water partition coefficient (Wildman–Crippen LogP) is 2.02. The van der Waals surface area contributed by atoms with Gasteiger partial charge in [0.05, 0.1) is 18.3 Å². The third kappa shape index (κ3) is 4.38. The number of likely N-dealkylation sites (N-methyl/N-ethyl adjacent to an activating group) is 1. The van der Waals surface area contributed by atoms with E-state index < -0.39 is 6.10 Å². The normalized spacial score (nSPS) is 12.3. The van der Waals surface area contributed by atoms with Gasteiger partial charge in [-0.3, -0.25) is 4.79 Å². The summed E-state index contributed by atoms with van der Waals surface area (Å²) < 4.78 is 5.61. The Bertz CT molecular complexity index is 428. The van der Waals surface area contributed by atoms with Crippen LogP contribution < -0.4 is 0 Å². The molecule has 18 heavy (non-hydrogen) atoms. The van der Waals surface area contributed by atoms with E-state index in [1.807, 2.05) is 0 Å². The average molecular weight is 384 g/mol. The van der Waals surface area contributed by atoms with Crippen molar-refractivity contribution in [3.05, 3.63) is 32.4 Å². The van der Waals surface area contributed by atoms with Gasteiger partial charge in [0, 0.05) is 29.3 Å². The lowest BCUT2D eigenvalue weighted by atomic mass is 10.2. The summed E-state index contributed by atoms with van der Waals surface area (Å²) in [7, 11) is 3.15. The molecule has 0 aromatic heterocycles. The van der Waals surface area contributed by atoms with Crippen LogP contribution in [0.2, 0.25) is 5.02 Å². The molecule has 0 aliphatic heterocycles. The molecule has 1 amide bonds. The van der Waals surface area contributed by atoms with E-state index in [0.29, 0.717) is 10.6 Å². The molecule has 1 rings (SSSR count). The number of benzene rings is 1. The van der Waals surface area contributed by atoms with Crippen molar-refractivity contribution in [3.8, 4) is 0 Å². The minimum atomic E-state index is -0.686. The number of hydrogen-bond acceptors (Lipinski definition) is 3. The highest BCUT2D eigenvalue weighted by molar-refractivity contribution is 14.1. The number of methoxy groups -OCH3 is 1. The number of halogens is 2. The summed E-state index contributed by atoms with van der Waals surface area (Å²) >= 11 is 7.91. The van der Waals surface area contributed by atoms with Crippen molar-refractivity contribution in [2.75, 3.05) is 27.3 Å². The Kier molecular flexibility index (Phi) is 6.34. The predicted molar refractivity (Wildman–Crippen MR) is 79.0 cm³/mol. The first-order valence-electron chi connectivity index (χ1n) is 5.33. The van der Waals surface area contributed by atoms with Gasteiger partial charge in [0.15, 0.2) is 0 Å². The van der Waals surface area contributed by atoms with E-state index in [0.717, 1.165) is 3.57 Å². The molecule has 1 atom stereocenters. The van der Waals surface area contributed by atoms with Crippen LogP contribution in [0.4, 0.5) is 0 Å². The summed E-state index contributed by atoms with van der Waals surface area (Å²) in [6.45, 7) is 0.431. The number of hydrogen-bond donors (Lipinski definition) is 1. The molecule has 1 aromatic rings. The fourth-order valence-corrected chi connectivity index (χ4v) is 2.61. The molecule has 0 bridgehead atoms. The van der Waals surface area contributed by atoms with Crippen molar-refractivity contribution in [2.45, 2.75) is 6.10 Å². The molecule has 0 aliphatic carbocycles. The number of ether oxygens (including phenoxy) is 1. The van der Waals surface area contributed by atoms with E-state index in [1.54, 1.807) is 25.2 Å². The molecule has 4 nitrogen and oxygen atoms in total. The third-order valence-electron chi connectivity index (χ3n) is 2.35. The molecule has 100 valence electrons. The quantitative estimate of drug-likeness (QED) is 0.792. The van der Waals surface area contributed by atoms with Crippen LogP contribution in [-0.2, 0) is 4.74 Å². The Hall–Kier alpha value is -0.370. The highest BCUT2D eigenvalue weighted by atomic mass is 127. The van der Waals surface area contributed by atoms with Crippen LogP contribution >= 0.6 is 34.2 Å². The van der Waals surface area contributed by atoms with Gasteiger partial charge in [0.2, 0.25) is 0 Å². The third-order valence-corrected chi connectivity index (χ3v) is 3.48. The number of aliphatic hydroxyl groups is 1. The first kappa shape index (κ1) is 15.7. The van der Waals surface area contributed by atoms with Gasteiger partial charge in [-0.15, -0.1) is 0 Å². The highest BCUT2D eigenvalue weighted by Gasteiger charge is 2.17. The Morgan fingerprint density at radius 2 is 2.28 bits per heavy atom. The van der Waals surface area contributed by atoms with E-state index in [1.165, 1.54) is 12.0 Å². The number of carbonyl (C=O) groups excluding carboxylic acids is 1. The maximum Gasteiger partial charge on any atom is 0.254 e. The maximum absolute atomic E-state index is 12.1. The second kappa shape index (κ2) is 7.28. The van der Waals surface area contributed by atoms with Gasteiger partial charge < -0.3 is 14.7 Å². The molecular formula is C12H15ClINO3. The van der Waals surface area contributed by atoms with E-state index in [9.17, 15) is 9.90 Å². The SMILES string of the molecule is COC[C@@H](O)CN(C)C(=O)c1ccc(Cl)cc1I. The lowest BCUT2D eigenvalue weighted by Gasteiger charge is -2.21. The molecular weight excluding hydrogens is 368 g/mol. The second-order valence-electron chi connectivity index (χ2n) is 3.92. The molecule has 0 spiro atoms. The van der Waals surface area contributed by atoms with Gasteiger partial charge in [-0.1, -0.05) is 11.6 Å². The molecule has 0 saturated heterocycles. The van der Waals surface area contributed by atoms with Gasteiger partial charge in [-0.05, 0) is 40.8 Å². The Labute approximate surface area is 125 Å². The largest absolute Gasteiger partial charge is 0.389 e. The fourth-order valence-electron chi connectivity index (χ4n) is 1.51. The summed E-state index contributed by atoms with van der Waals surface area (Å²) in [6, 6.07) is 5.09. The zero-order valence-electron chi connectivity index (χ0n) is 10.2. The summed E-state index contributed by atoms with van der Waals surface area (Å²) in [6.07, 6.45) is -0.686. The van der Waals surface area contributed by atoms with Gasteiger partial charge >= 0.3 is 0 Å². The van der Waals surface area contributed by atoms with Crippen LogP contribution in [0, 0.1) is 3.57 Å². The Morgan fingerprint density at radius 3 is 2.83 bits per heavy atom. The number of aliphatic hydroxyl groups excluding tert-OH is 1. The van der Waals surface area contributed by atoms with Crippen LogP contribution in [0.5, 0.6) is 0 Å². The van der Waals surface area contributed by atoms with Crippen molar-refractivity contribution in [3.63, 3.8) is 0 Å². The van der Waals surface area contributed by atoms with E-state index in [-0.39, 0.29) is 19.1 Å². The summed E-state index contributed by atoms with van der Waals surface area (Å²) in [5, 5.41) is 10.2. The van der Waals surface area contributed by atoms with Crippen LogP contribution in [0.15, 0.2) is 18.2 Å². The summed E-state index contributed by atoms with van der Waals surface area (Å²) in [5.74, 6) is -0.147. The fraction of sp³-hybridized carbons (Fsp3) is 0.417. The van der Waals surface area contributed by atoms with Crippen molar-refractivity contribution in [1.29, 1.82) is 0 Å². The molecule has 0 heterocycles. The lowest BCUT2D eigenvalue weighted by Crippen LogP contribution is -2.36. The van der Waals surface area contributed by atoms with Crippen molar-refractivity contribution in [1.82, 2.24) is 4.90 Å². The van der Waals surface area contributed by atoms with Crippen LogP contribution in [-0.4, -0.2) is 49.3 Å². The zero-order valence-corrected chi connectivity index (χ0v) is 13.1. The van der Waals surface area contributed by atoms with Gasteiger partial charge in [-0.2, -0.15) is 0 Å². The van der Waals surface area contributed by atoms with E-state index in [2.05, 4.69) is 22.6 Å². The van der Waals surface area contributed by atoms with Crippen LogP contribution in [0.3, 0.4) is 0 Å². The molecule has 0 saturated carbocycles. The molecule has 0 aliphatic rings. The molecule has 0 fully saturated rings. The number of nitrogens with zero attached hydrogens (tertiary/aromatic N) is 1. The Morgan fingerprint density at radius 1 is 1.61 bits per heavy atom. The van der Waals surface area contributed by atoms with Crippen LogP contribution in [0.25, 0.3) is 0 Å². The number of carbonyl (C=O) groups is 1. The van der Waals surface area contributed by atoms with Crippen LogP contribution in [0.1, 0.15) is 10.4 Å². The van der Waals surface area contributed by atoms with Crippen molar-refractivity contribution >= 4 is 40.1 Å². The minimum Gasteiger partial charge on any atom is -0.389 e. The highest BCUT2D eigenvalue weighted by Crippen LogP contribution is 2.19. The summed E-state index contributed by atoms with van der Waals surface area (Å²) in [4.78, 5) is 13.6. The van der Waals surface area contributed by atoms with Gasteiger partial charge in [0.25, 0.3) is 5.91 Å². The minimum absolute atomic E-state index is 0.147. The van der Waals surface area contributed by atoms with Crippen molar-refractivity contribution < 1.29 is 14.6 Å². The molecule has 1 aromatic carbocycles. The summed E-state index contributed by atoms with van der Waals surface area (Å²) in [5.41, 5.74) is 0.576. The standard InChI is InChI=1S/C12H15ClINO3/c1-15(6-9(16)7-18-2)12(17)10-4-3-8(13)5-11(10)14/h3-5,9,16H,6-7H2,1-2H3/t9-/m0/s1. The number of amides is 1.